The van der Waals surface area contributed by atoms with Gasteiger partial charge in [0.1, 0.15) is 6.29 Å². The number of aldehydes is 1. The number of benzene rings is 2. The second-order valence-corrected chi connectivity index (χ2v) is 8.38. The maximum absolute atomic E-state index is 11.3. The van der Waals surface area contributed by atoms with Crippen molar-refractivity contribution in [1.29, 1.82) is 0 Å². The SMILES string of the molecule is CC.CN(C)c1ccc(N=Nc2ccc(C=O)cc2)cc1.CNCCCCC(N)C(=O)C(C)S. The van der Waals surface area contributed by atoms with Gasteiger partial charge >= 0.3 is 0 Å². The normalized spacial score (nSPS) is 12.0. The highest BCUT2D eigenvalue weighted by atomic mass is 32.1. The fourth-order valence-corrected chi connectivity index (χ4v) is 2.86. The van der Waals surface area contributed by atoms with Crippen LogP contribution < -0.4 is 16.0 Å². The Hall–Kier alpha value is -2.55. The standard InChI is InChI=1S/C15H15N3O.C9H20N2OS.C2H6/c1-18(2)15-9-7-14(8-10-15)17-16-13-5-3-12(11-19)4-6-13;1-7(13)9(12)8(10)5-3-4-6-11-2;1-2/h3-11H,1-2H3;7-8,11,13H,3-6,10H2,1-2H3;1-2H3. The number of unbranched alkanes of at least 4 members (excludes halogenated alkanes) is 1. The van der Waals surface area contributed by atoms with E-state index in [1.54, 1.807) is 31.2 Å². The van der Waals surface area contributed by atoms with E-state index in [0.717, 1.165) is 49.2 Å². The van der Waals surface area contributed by atoms with E-state index in [4.69, 9.17) is 5.73 Å². The Kier molecular flexibility index (Phi) is 17.4. The van der Waals surface area contributed by atoms with Crippen LogP contribution in [0, 0.1) is 0 Å². The van der Waals surface area contributed by atoms with Gasteiger partial charge in [-0.05, 0) is 81.9 Å². The molecule has 2 rings (SSSR count). The van der Waals surface area contributed by atoms with Crippen molar-refractivity contribution in [2.75, 3.05) is 32.6 Å². The Morgan fingerprint density at radius 2 is 1.53 bits per heavy atom. The molecule has 0 bridgehead atoms. The van der Waals surface area contributed by atoms with Crippen LogP contribution >= 0.6 is 12.6 Å². The van der Waals surface area contributed by atoms with Gasteiger partial charge in [-0.25, -0.2) is 0 Å². The maximum atomic E-state index is 11.3. The molecule has 2 unspecified atom stereocenters. The molecule has 0 heterocycles. The number of azo groups is 1. The molecule has 2 aromatic rings. The molecule has 0 radical (unpaired) electrons. The predicted octanol–water partition coefficient (Wildman–Crippen LogP) is 5.60. The Labute approximate surface area is 210 Å². The molecule has 8 heteroatoms. The van der Waals surface area contributed by atoms with Crippen LogP contribution in [0.2, 0.25) is 0 Å². The van der Waals surface area contributed by atoms with Crippen molar-refractivity contribution in [3.8, 4) is 0 Å². The first kappa shape index (κ1) is 31.4. The molecule has 0 saturated heterocycles. The molecule has 0 amide bonds. The third-order valence-electron chi connectivity index (χ3n) is 4.65. The van der Waals surface area contributed by atoms with Gasteiger partial charge in [0.05, 0.1) is 22.7 Å². The second kappa shape index (κ2) is 18.8. The fourth-order valence-electron chi connectivity index (χ4n) is 2.67. The van der Waals surface area contributed by atoms with E-state index in [2.05, 4.69) is 28.2 Å². The average Bonchev–Trinajstić information content (AvgIpc) is 2.86. The maximum Gasteiger partial charge on any atom is 0.161 e. The number of ketones is 1. The largest absolute Gasteiger partial charge is 0.378 e. The number of thiol groups is 1. The summed E-state index contributed by atoms with van der Waals surface area (Å²) in [5, 5.41) is 11.1. The Morgan fingerprint density at radius 1 is 1.03 bits per heavy atom. The van der Waals surface area contributed by atoms with Crippen molar-refractivity contribution in [1.82, 2.24) is 5.32 Å². The van der Waals surface area contributed by atoms with Crippen LogP contribution in [-0.4, -0.2) is 51.0 Å². The lowest BCUT2D eigenvalue weighted by molar-refractivity contribution is -0.119. The number of nitrogens with zero attached hydrogens (tertiary/aromatic N) is 3. The number of nitrogens with one attached hydrogen (secondary N) is 1. The lowest BCUT2D eigenvalue weighted by Gasteiger charge is -2.11. The molecule has 0 aromatic heterocycles. The summed E-state index contributed by atoms with van der Waals surface area (Å²) < 4.78 is 0. The fraction of sp³-hybridized carbons (Fsp3) is 0.462. The summed E-state index contributed by atoms with van der Waals surface area (Å²) in [5.41, 5.74) is 8.96. The van der Waals surface area contributed by atoms with E-state index in [0.29, 0.717) is 5.56 Å². The minimum atomic E-state index is -0.329. The van der Waals surface area contributed by atoms with Crippen LogP contribution in [0.3, 0.4) is 0 Å². The number of Topliss-reactive ketones (excluding diaryl/α,β-unsaturated/α-hetero) is 1. The van der Waals surface area contributed by atoms with Crippen molar-refractivity contribution in [2.45, 2.75) is 51.3 Å². The van der Waals surface area contributed by atoms with Crippen LogP contribution in [0.1, 0.15) is 50.4 Å². The molecule has 0 spiro atoms. The van der Waals surface area contributed by atoms with Crippen molar-refractivity contribution in [3.05, 3.63) is 54.1 Å². The summed E-state index contributed by atoms with van der Waals surface area (Å²) in [5.74, 6) is 0.0489. The molecule has 2 atom stereocenters. The van der Waals surface area contributed by atoms with E-state index in [-0.39, 0.29) is 17.1 Å². The second-order valence-electron chi connectivity index (χ2n) is 7.60. The number of rotatable bonds is 11. The van der Waals surface area contributed by atoms with Crippen LogP contribution in [0.15, 0.2) is 58.8 Å². The van der Waals surface area contributed by atoms with Gasteiger partial charge in [-0.1, -0.05) is 20.3 Å². The number of hydrogen-bond acceptors (Lipinski definition) is 8. The number of nitrogens with two attached hydrogens (primary N) is 1. The van der Waals surface area contributed by atoms with Gasteiger partial charge in [0, 0.05) is 25.3 Å². The molecule has 3 N–H and O–H groups in total. The number of hydrogen-bond donors (Lipinski definition) is 3. The third kappa shape index (κ3) is 13.2. The molecular weight excluding hydrogens is 446 g/mol. The summed E-state index contributed by atoms with van der Waals surface area (Å²) in [4.78, 5) is 23.8. The van der Waals surface area contributed by atoms with E-state index in [9.17, 15) is 9.59 Å². The van der Waals surface area contributed by atoms with Gasteiger partial charge in [-0.3, -0.25) is 9.59 Å². The van der Waals surface area contributed by atoms with Gasteiger partial charge in [-0.15, -0.1) is 0 Å². The molecule has 0 aliphatic rings. The monoisotopic (exact) mass is 487 g/mol. The minimum Gasteiger partial charge on any atom is -0.378 e. The van der Waals surface area contributed by atoms with Gasteiger partial charge in [0.25, 0.3) is 0 Å². The minimum absolute atomic E-state index is 0.0489. The molecule has 7 nitrogen and oxygen atoms in total. The van der Waals surface area contributed by atoms with E-state index >= 15 is 0 Å². The van der Waals surface area contributed by atoms with Gasteiger partial charge in [0.2, 0.25) is 0 Å². The zero-order valence-electron chi connectivity index (χ0n) is 21.4. The molecule has 0 fully saturated rings. The Balaban J connectivity index is 0.000000639. The van der Waals surface area contributed by atoms with Gasteiger partial charge in [0.15, 0.2) is 5.78 Å². The van der Waals surface area contributed by atoms with Crippen LogP contribution in [0.5, 0.6) is 0 Å². The number of carbonyl (C=O) groups excluding carboxylic acids is 2. The van der Waals surface area contributed by atoms with Crippen molar-refractivity contribution in [3.63, 3.8) is 0 Å². The predicted molar refractivity (Wildman–Crippen MR) is 147 cm³/mol. The quantitative estimate of drug-likeness (QED) is 0.166. The summed E-state index contributed by atoms with van der Waals surface area (Å²) in [6, 6.07) is 14.4. The zero-order chi connectivity index (χ0) is 25.9. The first-order valence-electron chi connectivity index (χ1n) is 11.6. The van der Waals surface area contributed by atoms with Crippen molar-refractivity contribution in [2.24, 2.45) is 16.0 Å². The molecular formula is C26H41N5O2S. The number of carbonyl (C=O) groups is 2. The molecule has 0 aliphatic carbocycles. The summed E-state index contributed by atoms with van der Waals surface area (Å²) >= 11 is 4.05. The molecule has 0 saturated carbocycles. The van der Waals surface area contributed by atoms with E-state index < -0.39 is 0 Å². The van der Waals surface area contributed by atoms with Crippen LogP contribution in [0.25, 0.3) is 0 Å². The van der Waals surface area contributed by atoms with Gasteiger partial charge < -0.3 is 16.0 Å². The first-order chi connectivity index (χ1) is 16.3. The Bertz CT molecular complexity index is 837. The highest BCUT2D eigenvalue weighted by molar-refractivity contribution is 7.81. The summed E-state index contributed by atoms with van der Waals surface area (Å²) in [7, 11) is 5.90. The first-order valence-corrected chi connectivity index (χ1v) is 12.2. The summed E-state index contributed by atoms with van der Waals surface area (Å²) in [6.07, 6.45) is 3.64. The molecule has 2 aromatic carbocycles. The molecule has 0 aliphatic heterocycles. The topological polar surface area (TPSA) is 100 Å². The lowest BCUT2D eigenvalue weighted by atomic mass is 10.0. The highest BCUT2D eigenvalue weighted by Gasteiger charge is 2.16. The van der Waals surface area contributed by atoms with Crippen molar-refractivity contribution < 1.29 is 9.59 Å². The summed E-state index contributed by atoms with van der Waals surface area (Å²) in [6.45, 7) is 6.75. The highest BCUT2D eigenvalue weighted by Crippen LogP contribution is 2.21. The molecule has 34 heavy (non-hydrogen) atoms. The zero-order valence-corrected chi connectivity index (χ0v) is 22.3. The van der Waals surface area contributed by atoms with Gasteiger partial charge in [-0.2, -0.15) is 22.9 Å². The van der Waals surface area contributed by atoms with E-state index in [1.165, 1.54) is 0 Å². The lowest BCUT2D eigenvalue weighted by Crippen LogP contribution is -2.35. The van der Waals surface area contributed by atoms with Crippen molar-refractivity contribution >= 4 is 41.8 Å². The van der Waals surface area contributed by atoms with Crippen LogP contribution in [-0.2, 0) is 4.79 Å². The average molecular weight is 488 g/mol. The van der Waals surface area contributed by atoms with Crippen LogP contribution in [0.4, 0.5) is 17.1 Å². The third-order valence-corrected chi connectivity index (χ3v) is 4.90. The molecule has 188 valence electrons. The van der Waals surface area contributed by atoms with E-state index in [1.807, 2.05) is 64.2 Å². The number of anilines is 1. The Morgan fingerprint density at radius 3 is 1.94 bits per heavy atom. The smallest absolute Gasteiger partial charge is 0.161 e.